The minimum atomic E-state index is -0.514. The molecule has 0 atom stereocenters. The van der Waals surface area contributed by atoms with E-state index in [1.165, 1.54) is 0 Å². The standard InChI is InChI=1S/C25H26N4O5/c1-2-33-22-14-18(9-10-21(22)34-16-17-6-5-12-27-15-17)24(31)29-20-8-4-3-7-19(20)25(32)28-13-11-23(26)30/h3-10,12,14-15H,2,11,13,16H2,1H3,(H2,26,30)(H,28,32)(H,29,31). The zero-order chi connectivity index (χ0) is 24.3. The van der Waals surface area contributed by atoms with Crippen LogP contribution in [0.3, 0.4) is 0 Å². The molecule has 9 nitrogen and oxygen atoms in total. The van der Waals surface area contributed by atoms with Crippen LogP contribution in [-0.2, 0) is 11.4 Å². The number of anilines is 1. The van der Waals surface area contributed by atoms with Crippen LogP contribution < -0.4 is 25.8 Å². The van der Waals surface area contributed by atoms with Crippen molar-refractivity contribution >= 4 is 23.4 Å². The summed E-state index contributed by atoms with van der Waals surface area (Å²) in [6.45, 7) is 2.64. The number of rotatable bonds is 11. The maximum Gasteiger partial charge on any atom is 0.255 e. The van der Waals surface area contributed by atoms with Crippen molar-refractivity contribution in [3.63, 3.8) is 0 Å². The molecular weight excluding hydrogens is 436 g/mol. The highest BCUT2D eigenvalue weighted by Crippen LogP contribution is 2.30. The van der Waals surface area contributed by atoms with Gasteiger partial charge in [0, 0.05) is 36.5 Å². The molecule has 0 aliphatic heterocycles. The Morgan fingerprint density at radius 3 is 2.53 bits per heavy atom. The Kier molecular flexibility index (Phi) is 8.56. The summed E-state index contributed by atoms with van der Waals surface area (Å²) in [5.41, 5.74) is 6.93. The van der Waals surface area contributed by atoms with Crippen LogP contribution in [-0.4, -0.2) is 35.9 Å². The van der Waals surface area contributed by atoms with Crippen molar-refractivity contribution in [1.82, 2.24) is 10.3 Å². The van der Waals surface area contributed by atoms with Crippen LogP contribution in [0.1, 0.15) is 39.6 Å². The molecule has 34 heavy (non-hydrogen) atoms. The molecule has 3 aromatic rings. The van der Waals surface area contributed by atoms with E-state index in [1.807, 2.05) is 19.1 Å². The Morgan fingerprint density at radius 1 is 0.971 bits per heavy atom. The highest BCUT2D eigenvalue weighted by atomic mass is 16.5. The molecule has 1 heterocycles. The molecule has 0 spiro atoms. The average Bonchev–Trinajstić information content (AvgIpc) is 2.84. The van der Waals surface area contributed by atoms with Gasteiger partial charge in [0.2, 0.25) is 5.91 Å². The Bertz CT molecular complexity index is 1150. The molecule has 4 N–H and O–H groups in total. The molecule has 0 radical (unpaired) electrons. The van der Waals surface area contributed by atoms with Gasteiger partial charge in [-0.2, -0.15) is 0 Å². The number of nitrogens with one attached hydrogen (secondary N) is 2. The van der Waals surface area contributed by atoms with E-state index in [0.717, 1.165) is 5.56 Å². The third-order valence-corrected chi connectivity index (χ3v) is 4.70. The highest BCUT2D eigenvalue weighted by molar-refractivity contribution is 6.09. The monoisotopic (exact) mass is 462 g/mol. The molecule has 2 aromatic carbocycles. The summed E-state index contributed by atoms with van der Waals surface area (Å²) in [7, 11) is 0. The first-order chi connectivity index (χ1) is 16.5. The number of primary amides is 1. The fourth-order valence-electron chi connectivity index (χ4n) is 3.06. The van der Waals surface area contributed by atoms with Gasteiger partial charge in [0.1, 0.15) is 6.61 Å². The minimum Gasteiger partial charge on any atom is -0.490 e. The van der Waals surface area contributed by atoms with E-state index < -0.39 is 17.7 Å². The third-order valence-electron chi connectivity index (χ3n) is 4.70. The van der Waals surface area contributed by atoms with Crippen molar-refractivity contribution < 1.29 is 23.9 Å². The van der Waals surface area contributed by atoms with Crippen molar-refractivity contribution in [2.75, 3.05) is 18.5 Å². The van der Waals surface area contributed by atoms with E-state index in [1.54, 1.807) is 54.9 Å². The van der Waals surface area contributed by atoms with Crippen LogP contribution in [0.4, 0.5) is 5.69 Å². The van der Waals surface area contributed by atoms with Gasteiger partial charge in [0.25, 0.3) is 11.8 Å². The SMILES string of the molecule is CCOc1cc(C(=O)Nc2ccccc2C(=O)NCCC(N)=O)ccc1OCc1cccnc1. The Labute approximate surface area is 197 Å². The Balaban J connectivity index is 1.73. The molecular formula is C25H26N4O5. The fourth-order valence-corrected chi connectivity index (χ4v) is 3.06. The van der Waals surface area contributed by atoms with Crippen LogP contribution >= 0.6 is 0 Å². The van der Waals surface area contributed by atoms with Gasteiger partial charge in [-0.05, 0) is 43.3 Å². The van der Waals surface area contributed by atoms with Crippen LogP contribution in [0.25, 0.3) is 0 Å². The second kappa shape index (κ2) is 12.0. The lowest BCUT2D eigenvalue weighted by Gasteiger charge is -2.14. The fraction of sp³-hybridized carbons (Fsp3) is 0.200. The summed E-state index contributed by atoms with van der Waals surface area (Å²) in [4.78, 5) is 40.4. The van der Waals surface area contributed by atoms with E-state index in [-0.39, 0.29) is 18.5 Å². The number of amides is 3. The molecule has 0 saturated carbocycles. The third kappa shape index (κ3) is 6.80. The maximum absolute atomic E-state index is 12.9. The van der Waals surface area contributed by atoms with Gasteiger partial charge in [-0.3, -0.25) is 19.4 Å². The number of hydrogen-bond donors (Lipinski definition) is 3. The van der Waals surface area contributed by atoms with Crippen molar-refractivity contribution in [1.29, 1.82) is 0 Å². The molecule has 3 rings (SSSR count). The normalized spacial score (nSPS) is 10.3. The number of carbonyl (C=O) groups excluding carboxylic acids is 3. The van der Waals surface area contributed by atoms with Crippen molar-refractivity contribution in [3.05, 3.63) is 83.7 Å². The van der Waals surface area contributed by atoms with Gasteiger partial charge in [-0.25, -0.2) is 0 Å². The number of benzene rings is 2. The first-order valence-electron chi connectivity index (χ1n) is 10.7. The minimum absolute atomic E-state index is 0.0235. The lowest BCUT2D eigenvalue weighted by Crippen LogP contribution is -2.28. The molecule has 0 saturated heterocycles. The van der Waals surface area contributed by atoms with Gasteiger partial charge >= 0.3 is 0 Å². The maximum atomic E-state index is 12.9. The van der Waals surface area contributed by atoms with Gasteiger partial charge in [0.05, 0.1) is 17.9 Å². The second-order valence-corrected chi connectivity index (χ2v) is 7.22. The summed E-state index contributed by atoms with van der Waals surface area (Å²) in [5.74, 6) is -0.434. The topological polar surface area (TPSA) is 133 Å². The molecule has 176 valence electrons. The zero-order valence-corrected chi connectivity index (χ0v) is 18.7. The predicted molar refractivity (Wildman–Crippen MR) is 127 cm³/mol. The van der Waals surface area contributed by atoms with Gasteiger partial charge < -0.3 is 25.8 Å². The number of aromatic nitrogens is 1. The van der Waals surface area contributed by atoms with Gasteiger partial charge in [0.15, 0.2) is 11.5 Å². The van der Waals surface area contributed by atoms with E-state index in [2.05, 4.69) is 15.6 Å². The molecule has 0 bridgehead atoms. The van der Waals surface area contributed by atoms with E-state index >= 15 is 0 Å². The lowest BCUT2D eigenvalue weighted by molar-refractivity contribution is -0.117. The van der Waals surface area contributed by atoms with Gasteiger partial charge in [-0.15, -0.1) is 0 Å². The second-order valence-electron chi connectivity index (χ2n) is 7.22. The van der Waals surface area contributed by atoms with E-state index in [9.17, 15) is 14.4 Å². The van der Waals surface area contributed by atoms with E-state index in [4.69, 9.17) is 15.2 Å². The number of carbonyl (C=O) groups is 3. The van der Waals surface area contributed by atoms with Crippen molar-refractivity contribution in [2.24, 2.45) is 5.73 Å². The predicted octanol–water partition coefficient (Wildman–Crippen LogP) is 2.92. The van der Waals surface area contributed by atoms with E-state index in [0.29, 0.717) is 36.0 Å². The number of pyridine rings is 1. The molecule has 1 aromatic heterocycles. The average molecular weight is 463 g/mol. The zero-order valence-electron chi connectivity index (χ0n) is 18.7. The number of hydrogen-bond acceptors (Lipinski definition) is 6. The quantitative estimate of drug-likeness (QED) is 0.401. The smallest absolute Gasteiger partial charge is 0.255 e. The first kappa shape index (κ1) is 24.2. The van der Waals surface area contributed by atoms with Gasteiger partial charge in [-0.1, -0.05) is 18.2 Å². The Hall–Kier alpha value is -4.40. The first-order valence-corrected chi connectivity index (χ1v) is 10.7. The van der Waals surface area contributed by atoms with Crippen LogP contribution in [0.2, 0.25) is 0 Å². The lowest BCUT2D eigenvalue weighted by atomic mass is 10.1. The number of para-hydroxylation sites is 1. The number of nitrogens with zero attached hydrogens (tertiary/aromatic N) is 1. The molecule has 0 aliphatic rings. The summed E-state index contributed by atoms with van der Waals surface area (Å²) in [6, 6.07) is 15.2. The molecule has 0 aliphatic carbocycles. The molecule has 9 heteroatoms. The molecule has 3 amide bonds. The van der Waals surface area contributed by atoms with Crippen LogP contribution in [0.15, 0.2) is 67.0 Å². The molecule has 0 fully saturated rings. The summed E-state index contributed by atoms with van der Waals surface area (Å²) in [5, 5.41) is 5.37. The summed E-state index contributed by atoms with van der Waals surface area (Å²) >= 11 is 0. The summed E-state index contributed by atoms with van der Waals surface area (Å²) < 4.78 is 11.5. The number of ether oxygens (including phenoxy) is 2. The summed E-state index contributed by atoms with van der Waals surface area (Å²) in [6.07, 6.45) is 3.42. The Morgan fingerprint density at radius 2 is 1.79 bits per heavy atom. The van der Waals surface area contributed by atoms with Crippen LogP contribution in [0.5, 0.6) is 11.5 Å². The van der Waals surface area contributed by atoms with Crippen LogP contribution in [0, 0.1) is 0 Å². The number of nitrogens with two attached hydrogens (primary N) is 1. The van der Waals surface area contributed by atoms with Crippen molar-refractivity contribution in [2.45, 2.75) is 20.0 Å². The highest BCUT2D eigenvalue weighted by Gasteiger charge is 2.16. The van der Waals surface area contributed by atoms with Crippen molar-refractivity contribution in [3.8, 4) is 11.5 Å². The largest absolute Gasteiger partial charge is 0.490 e. The molecule has 0 unspecified atom stereocenters.